The van der Waals surface area contributed by atoms with E-state index in [-0.39, 0.29) is 5.54 Å². The highest BCUT2D eigenvalue weighted by Gasteiger charge is 2.41. The fourth-order valence-corrected chi connectivity index (χ4v) is 1.92. The van der Waals surface area contributed by atoms with E-state index in [4.69, 9.17) is 4.74 Å². The van der Waals surface area contributed by atoms with Gasteiger partial charge in [0.1, 0.15) is 6.17 Å². The lowest BCUT2D eigenvalue weighted by Gasteiger charge is -2.49. The summed E-state index contributed by atoms with van der Waals surface area (Å²) >= 11 is 0. The van der Waals surface area contributed by atoms with Gasteiger partial charge >= 0.3 is 0 Å². The predicted molar refractivity (Wildman–Crippen MR) is 49.5 cm³/mol. The van der Waals surface area contributed by atoms with Gasteiger partial charge in [-0.15, -0.1) is 0 Å². The number of halogens is 1. The Morgan fingerprint density at radius 2 is 2.31 bits per heavy atom. The Hall–Kier alpha value is -0.410. The smallest absolute Gasteiger partial charge is 0.134 e. The van der Waals surface area contributed by atoms with E-state index in [9.17, 15) is 4.39 Å². The molecule has 1 atom stereocenters. The second-order valence-corrected chi connectivity index (χ2v) is 4.31. The van der Waals surface area contributed by atoms with Crippen LogP contribution in [0.4, 0.5) is 4.39 Å². The summed E-state index contributed by atoms with van der Waals surface area (Å²) in [5.74, 6) is 0. The van der Waals surface area contributed by atoms with Gasteiger partial charge in [0, 0.05) is 13.1 Å². The van der Waals surface area contributed by atoms with E-state index >= 15 is 0 Å². The van der Waals surface area contributed by atoms with Crippen LogP contribution in [0.5, 0.6) is 0 Å². The van der Waals surface area contributed by atoms with Crippen molar-refractivity contribution in [3.63, 3.8) is 0 Å². The van der Waals surface area contributed by atoms with E-state index in [0.717, 1.165) is 31.8 Å². The maximum Gasteiger partial charge on any atom is 0.134 e. The first-order chi connectivity index (χ1) is 6.12. The summed E-state index contributed by atoms with van der Waals surface area (Å²) in [5, 5.41) is 0. The number of alkyl halides is 1. The number of piperidine rings is 1. The van der Waals surface area contributed by atoms with Crippen LogP contribution in [-0.2, 0) is 4.74 Å². The van der Waals surface area contributed by atoms with Crippen molar-refractivity contribution in [2.24, 2.45) is 0 Å². The Kier molecular flexibility index (Phi) is 2.16. The van der Waals surface area contributed by atoms with E-state index < -0.39 is 6.17 Å². The molecule has 2 rings (SSSR count). The van der Waals surface area contributed by atoms with Gasteiger partial charge in [-0.25, -0.2) is 4.39 Å². The summed E-state index contributed by atoms with van der Waals surface area (Å²) in [6.45, 7) is 8.77. The van der Waals surface area contributed by atoms with Crippen LogP contribution in [0.25, 0.3) is 0 Å². The van der Waals surface area contributed by atoms with Crippen molar-refractivity contribution in [3.8, 4) is 0 Å². The van der Waals surface area contributed by atoms with Gasteiger partial charge in [0.15, 0.2) is 0 Å². The van der Waals surface area contributed by atoms with Crippen molar-refractivity contribution in [2.45, 2.75) is 25.1 Å². The summed E-state index contributed by atoms with van der Waals surface area (Å²) in [5.41, 5.74) is 0.838. The van der Waals surface area contributed by atoms with Gasteiger partial charge in [0.25, 0.3) is 0 Å². The number of nitrogens with zero attached hydrogens (tertiary/aromatic N) is 1. The number of rotatable bonds is 1. The molecule has 0 amide bonds. The number of likely N-dealkylation sites (tertiary alicyclic amines) is 1. The monoisotopic (exact) mass is 185 g/mol. The summed E-state index contributed by atoms with van der Waals surface area (Å²) < 4.78 is 18.5. The molecule has 0 aromatic heterocycles. The summed E-state index contributed by atoms with van der Waals surface area (Å²) in [4.78, 5) is 2.19. The standard InChI is InChI=1S/C10H16FNO/c1-8-3-4-12(5-9(8)11)10(2)6-13-7-10/h9H,1,3-7H2,2H3. The molecule has 0 saturated carbocycles. The highest BCUT2D eigenvalue weighted by atomic mass is 19.1. The Labute approximate surface area is 78.4 Å². The fraction of sp³-hybridized carbons (Fsp3) is 0.800. The molecule has 3 heteroatoms. The molecule has 1 unspecified atom stereocenters. The Balaban J connectivity index is 1.98. The maximum atomic E-state index is 13.3. The Morgan fingerprint density at radius 3 is 2.77 bits per heavy atom. The van der Waals surface area contributed by atoms with Gasteiger partial charge in [0.2, 0.25) is 0 Å². The molecule has 2 aliphatic rings. The van der Waals surface area contributed by atoms with Crippen LogP contribution in [0.1, 0.15) is 13.3 Å². The van der Waals surface area contributed by atoms with Gasteiger partial charge in [-0.05, 0) is 18.9 Å². The minimum atomic E-state index is -0.842. The van der Waals surface area contributed by atoms with Gasteiger partial charge in [-0.3, -0.25) is 4.90 Å². The lowest BCUT2D eigenvalue weighted by molar-refractivity contribution is -0.137. The molecule has 0 aliphatic carbocycles. The molecule has 0 spiro atoms. The first-order valence-electron chi connectivity index (χ1n) is 4.76. The van der Waals surface area contributed by atoms with Crippen molar-refractivity contribution in [3.05, 3.63) is 12.2 Å². The minimum absolute atomic E-state index is 0.0883. The second-order valence-electron chi connectivity index (χ2n) is 4.31. The average Bonchev–Trinajstić information content (AvgIpc) is 2.06. The molecule has 0 aromatic rings. The van der Waals surface area contributed by atoms with Crippen LogP contribution in [0, 0.1) is 0 Å². The molecule has 0 N–H and O–H groups in total. The fourth-order valence-electron chi connectivity index (χ4n) is 1.92. The predicted octanol–water partition coefficient (Wildman–Crippen LogP) is 1.38. The van der Waals surface area contributed by atoms with Crippen LogP contribution in [0.15, 0.2) is 12.2 Å². The first kappa shape index (κ1) is 9.16. The summed E-state index contributed by atoms with van der Waals surface area (Å²) in [7, 11) is 0. The van der Waals surface area contributed by atoms with E-state index in [0.29, 0.717) is 6.54 Å². The van der Waals surface area contributed by atoms with Crippen molar-refractivity contribution in [1.82, 2.24) is 4.90 Å². The van der Waals surface area contributed by atoms with Crippen LogP contribution in [0.3, 0.4) is 0 Å². The highest BCUT2D eigenvalue weighted by molar-refractivity contribution is 5.09. The maximum absolute atomic E-state index is 13.3. The Bertz CT molecular complexity index is 225. The zero-order valence-corrected chi connectivity index (χ0v) is 8.05. The largest absolute Gasteiger partial charge is 0.377 e. The zero-order valence-electron chi connectivity index (χ0n) is 8.05. The van der Waals surface area contributed by atoms with Gasteiger partial charge in [0.05, 0.1) is 18.8 Å². The van der Waals surface area contributed by atoms with E-state index in [1.165, 1.54) is 0 Å². The summed E-state index contributed by atoms with van der Waals surface area (Å²) in [6, 6.07) is 0. The van der Waals surface area contributed by atoms with Crippen LogP contribution < -0.4 is 0 Å². The molecule has 2 aliphatic heterocycles. The van der Waals surface area contributed by atoms with E-state index in [1.54, 1.807) is 0 Å². The van der Waals surface area contributed by atoms with Gasteiger partial charge in [-0.2, -0.15) is 0 Å². The third-order valence-electron chi connectivity index (χ3n) is 3.12. The van der Waals surface area contributed by atoms with E-state index in [1.807, 2.05) is 0 Å². The molecule has 0 bridgehead atoms. The van der Waals surface area contributed by atoms with Crippen molar-refractivity contribution in [2.75, 3.05) is 26.3 Å². The summed E-state index contributed by atoms with van der Waals surface area (Å²) in [6.07, 6.45) is -0.0531. The molecule has 0 aromatic carbocycles. The van der Waals surface area contributed by atoms with Crippen molar-refractivity contribution >= 4 is 0 Å². The van der Waals surface area contributed by atoms with E-state index in [2.05, 4.69) is 18.4 Å². The zero-order chi connectivity index (χ0) is 9.47. The van der Waals surface area contributed by atoms with Crippen LogP contribution >= 0.6 is 0 Å². The number of hydrogen-bond donors (Lipinski definition) is 0. The number of ether oxygens (including phenoxy) is 1. The lowest BCUT2D eigenvalue weighted by Crippen LogP contribution is -2.62. The van der Waals surface area contributed by atoms with Gasteiger partial charge < -0.3 is 4.74 Å². The topological polar surface area (TPSA) is 12.5 Å². The molecule has 13 heavy (non-hydrogen) atoms. The molecular formula is C10H16FNO. The Morgan fingerprint density at radius 1 is 1.62 bits per heavy atom. The molecule has 2 fully saturated rings. The third-order valence-corrected chi connectivity index (χ3v) is 3.12. The van der Waals surface area contributed by atoms with Gasteiger partial charge in [-0.1, -0.05) is 6.58 Å². The molecule has 74 valence electrons. The van der Waals surface area contributed by atoms with Crippen LogP contribution in [0.2, 0.25) is 0 Å². The molecule has 2 saturated heterocycles. The first-order valence-corrected chi connectivity index (χ1v) is 4.76. The molecule has 0 radical (unpaired) electrons. The minimum Gasteiger partial charge on any atom is -0.377 e. The molecule has 2 heterocycles. The quantitative estimate of drug-likeness (QED) is 0.572. The third kappa shape index (κ3) is 1.51. The SMILES string of the molecule is C=C1CCN(C2(C)COC2)CC1F. The highest BCUT2D eigenvalue weighted by Crippen LogP contribution is 2.29. The second kappa shape index (κ2) is 3.07. The molecular weight excluding hydrogens is 169 g/mol. The van der Waals surface area contributed by atoms with Crippen molar-refractivity contribution < 1.29 is 9.13 Å². The normalized spacial score (nSPS) is 34.3. The average molecular weight is 185 g/mol. The number of hydrogen-bond acceptors (Lipinski definition) is 2. The van der Waals surface area contributed by atoms with Crippen LogP contribution in [-0.4, -0.2) is 42.9 Å². The molecule has 2 nitrogen and oxygen atoms in total. The lowest BCUT2D eigenvalue weighted by atomic mass is 9.93. The van der Waals surface area contributed by atoms with Crippen molar-refractivity contribution in [1.29, 1.82) is 0 Å².